The third kappa shape index (κ3) is 2.44. The van der Waals surface area contributed by atoms with Crippen molar-refractivity contribution in [2.45, 2.75) is 18.8 Å². The van der Waals surface area contributed by atoms with Crippen molar-refractivity contribution in [3.05, 3.63) is 35.9 Å². The molecule has 0 aromatic heterocycles. The standard InChI is InChI=1S/C9H8F4/c10-8(11)7(9(12)13)6-4-2-1-3-5-6/h1-5,7-9H. The molecule has 0 aliphatic rings. The summed E-state index contributed by atoms with van der Waals surface area (Å²) in [6, 6.07) is 7.09. The molecule has 0 nitrogen and oxygen atoms in total. The third-order valence-corrected chi connectivity index (χ3v) is 1.73. The first kappa shape index (κ1) is 10.0. The lowest BCUT2D eigenvalue weighted by atomic mass is 10.0. The lowest BCUT2D eigenvalue weighted by Gasteiger charge is -2.14. The Balaban J connectivity index is 2.89. The predicted molar refractivity (Wildman–Crippen MR) is 41.2 cm³/mol. The first-order valence-corrected chi connectivity index (χ1v) is 3.74. The van der Waals surface area contributed by atoms with Gasteiger partial charge in [-0.3, -0.25) is 0 Å². The zero-order valence-electron chi connectivity index (χ0n) is 6.63. The fourth-order valence-electron chi connectivity index (χ4n) is 1.08. The van der Waals surface area contributed by atoms with Gasteiger partial charge in [0.25, 0.3) is 12.9 Å². The second kappa shape index (κ2) is 4.25. The van der Waals surface area contributed by atoms with Crippen molar-refractivity contribution in [1.29, 1.82) is 0 Å². The molecular formula is C9H8F4. The number of benzene rings is 1. The molecule has 0 spiro atoms. The largest absolute Gasteiger partial charge is 0.250 e. The van der Waals surface area contributed by atoms with Crippen molar-refractivity contribution in [3.63, 3.8) is 0 Å². The van der Waals surface area contributed by atoms with Gasteiger partial charge < -0.3 is 0 Å². The molecule has 0 N–H and O–H groups in total. The molecule has 1 aromatic rings. The van der Waals surface area contributed by atoms with Crippen LogP contribution in [0, 0.1) is 0 Å². The lowest BCUT2D eigenvalue weighted by molar-refractivity contribution is 0.0147. The van der Waals surface area contributed by atoms with Gasteiger partial charge in [-0.05, 0) is 5.56 Å². The molecule has 0 unspecified atom stereocenters. The lowest BCUT2D eigenvalue weighted by Crippen LogP contribution is -2.17. The summed E-state index contributed by atoms with van der Waals surface area (Å²) < 4.78 is 48.6. The van der Waals surface area contributed by atoms with E-state index in [2.05, 4.69) is 0 Å². The molecule has 13 heavy (non-hydrogen) atoms. The predicted octanol–water partition coefficient (Wildman–Crippen LogP) is 3.30. The summed E-state index contributed by atoms with van der Waals surface area (Å²) >= 11 is 0. The molecule has 0 radical (unpaired) electrons. The minimum absolute atomic E-state index is 0.0208. The number of hydrogen-bond donors (Lipinski definition) is 0. The minimum atomic E-state index is -3.03. The first-order chi connectivity index (χ1) is 6.13. The maximum Gasteiger partial charge on any atom is 0.250 e. The van der Waals surface area contributed by atoms with Crippen LogP contribution >= 0.6 is 0 Å². The molecule has 0 bridgehead atoms. The molecule has 0 aliphatic carbocycles. The van der Waals surface area contributed by atoms with Crippen molar-refractivity contribution in [3.8, 4) is 0 Å². The summed E-state index contributed by atoms with van der Waals surface area (Å²) in [7, 11) is 0. The molecule has 0 amide bonds. The number of alkyl halides is 4. The Hall–Kier alpha value is -1.06. The topological polar surface area (TPSA) is 0 Å². The highest BCUT2D eigenvalue weighted by Gasteiger charge is 2.31. The van der Waals surface area contributed by atoms with Gasteiger partial charge in [0.2, 0.25) is 0 Å². The molecule has 0 saturated carbocycles. The van der Waals surface area contributed by atoms with Crippen molar-refractivity contribution in [2.75, 3.05) is 0 Å². The number of halogens is 4. The van der Waals surface area contributed by atoms with Crippen LogP contribution in [-0.2, 0) is 0 Å². The highest BCUT2D eigenvalue weighted by atomic mass is 19.3. The first-order valence-electron chi connectivity index (χ1n) is 3.74. The van der Waals surface area contributed by atoms with Gasteiger partial charge in [-0.15, -0.1) is 0 Å². The fourth-order valence-corrected chi connectivity index (χ4v) is 1.08. The van der Waals surface area contributed by atoms with Crippen molar-refractivity contribution < 1.29 is 17.6 Å². The van der Waals surface area contributed by atoms with E-state index in [4.69, 9.17) is 0 Å². The second-order valence-electron chi connectivity index (χ2n) is 2.61. The molecule has 1 aromatic carbocycles. The van der Waals surface area contributed by atoms with Gasteiger partial charge in [-0.25, -0.2) is 17.6 Å². The Bertz CT molecular complexity index is 237. The second-order valence-corrected chi connectivity index (χ2v) is 2.61. The van der Waals surface area contributed by atoms with Crippen LogP contribution in [-0.4, -0.2) is 12.9 Å². The average Bonchev–Trinajstić information content (AvgIpc) is 2.04. The molecule has 0 fully saturated rings. The Morgan fingerprint density at radius 1 is 0.769 bits per heavy atom. The summed E-state index contributed by atoms with van der Waals surface area (Å²) in [4.78, 5) is 0. The summed E-state index contributed by atoms with van der Waals surface area (Å²) in [5.41, 5.74) is -0.0208. The van der Waals surface area contributed by atoms with Crippen LogP contribution in [0.4, 0.5) is 17.6 Å². The normalized spacial score (nSPS) is 11.6. The Kier molecular flexibility index (Phi) is 3.28. The fraction of sp³-hybridized carbons (Fsp3) is 0.333. The van der Waals surface area contributed by atoms with E-state index in [1.807, 2.05) is 0 Å². The maximum absolute atomic E-state index is 12.2. The van der Waals surface area contributed by atoms with Crippen LogP contribution < -0.4 is 0 Å². The number of hydrogen-bond acceptors (Lipinski definition) is 0. The monoisotopic (exact) mass is 192 g/mol. The van der Waals surface area contributed by atoms with Crippen LogP contribution in [0.2, 0.25) is 0 Å². The van der Waals surface area contributed by atoms with E-state index < -0.39 is 18.8 Å². The van der Waals surface area contributed by atoms with E-state index in [1.54, 1.807) is 6.07 Å². The summed E-state index contributed by atoms with van der Waals surface area (Å²) in [6.07, 6.45) is -6.05. The van der Waals surface area contributed by atoms with Gasteiger partial charge in [0.1, 0.15) is 5.92 Å². The van der Waals surface area contributed by atoms with Crippen LogP contribution in [0.1, 0.15) is 11.5 Å². The van der Waals surface area contributed by atoms with Gasteiger partial charge in [0.05, 0.1) is 0 Å². The van der Waals surface area contributed by atoms with Gasteiger partial charge >= 0.3 is 0 Å². The van der Waals surface area contributed by atoms with E-state index in [0.717, 1.165) is 0 Å². The van der Waals surface area contributed by atoms with Gasteiger partial charge in [0, 0.05) is 0 Å². The van der Waals surface area contributed by atoms with Crippen molar-refractivity contribution in [2.24, 2.45) is 0 Å². The Morgan fingerprint density at radius 2 is 1.23 bits per heavy atom. The van der Waals surface area contributed by atoms with Crippen molar-refractivity contribution in [1.82, 2.24) is 0 Å². The Labute approximate surface area is 73.2 Å². The highest BCUT2D eigenvalue weighted by Crippen LogP contribution is 2.29. The van der Waals surface area contributed by atoms with E-state index in [0.29, 0.717) is 0 Å². The van der Waals surface area contributed by atoms with Gasteiger partial charge in [-0.2, -0.15) is 0 Å². The van der Waals surface area contributed by atoms with Crippen LogP contribution in [0.15, 0.2) is 30.3 Å². The molecule has 0 heterocycles. The summed E-state index contributed by atoms with van der Waals surface area (Å²) in [5.74, 6) is -1.97. The summed E-state index contributed by atoms with van der Waals surface area (Å²) in [5, 5.41) is 0. The minimum Gasteiger partial charge on any atom is -0.210 e. The summed E-state index contributed by atoms with van der Waals surface area (Å²) in [6.45, 7) is 0. The molecule has 1 rings (SSSR count). The quantitative estimate of drug-likeness (QED) is 0.644. The SMILES string of the molecule is FC(F)C(c1ccccc1)C(F)F. The van der Waals surface area contributed by atoms with E-state index in [1.165, 1.54) is 24.3 Å². The highest BCUT2D eigenvalue weighted by molar-refractivity contribution is 5.20. The molecule has 0 saturated heterocycles. The van der Waals surface area contributed by atoms with Gasteiger partial charge in [0.15, 0.2) is 0 Å². The smallest absolute Gasteiger partial charge is 0.210 e. The number of rotatable bonds is 3. The van der Waals surface area contributed by atoms with Crippen LogP contribution in [0.25, 0.3) is 0 Å². The molecule has 72 valence electrons. The maximum atomic E-state index is 12.2. The van der Waals surface area contributed by atoms with Crippen LogP contribution in [0.3, 0.4) is 0 Å². The van der Waals surface area contributed by atoms with E-state index in [-0.39, 0.29) is 5.56 Å². The molecule has 4 heteroatoms. The van der Waals surface area contributed by atoms with Gasteiger partial charge in [-0.1, -0.05) is 30.3 Å². The third-order valence-electron chi connectivity index (χ3n) is 1.73. The molecule has 0 atom stereocenters. The average molecular weight is 192 g/mol. The van der Waals surface area contributed by atoms with Crippen molar-refractivity contribution >= 4 is 0 Å². The Morgan fingerprint density at radius 3 is 1.62 bits per heavy atom. The molecular weight excluding hydrogens is 184 g/mol. The molecule has 0 aliphatic heterocycles. The van der Waals surface area contributed by atoms with E-state index in [9.17, 15) is 17.6 Å². The van der Waals surface area contributed by atoms with E-state index >= 15 is 0 Å². The zero-order chi connectivity index (χ0) is 9.84. The van der Waals surface area contributed by atoms with Crippen LogP contribution in [0.5, 0.6) is 0 Å². The zero-order valence-corrected chi connectivity index (χ0v) is 6.63.